The minimum absolute atomic E-state index is 0.125. The molecule has 9 nitrogen and oxygen atoms in total. The van der Waals surface area contributed by atoms with Crippen LogP contribution in [-0.4, -0.2) is 68.3 Å². The maximum Gasteiger partial charge on any atom is 0.181 e. The molecule has 0 aliphatic carbocycles. The Balaban J connectivity index is 1.35. The number of morpholine rings is 1. The van der Waals surface area contributed by atoms with E-state index >= 15 is 0 Å². The minimum atomic E-state index is -0.125. The van der Waals surface area contributed by atoms with Crippen molar-refractivity contribution in [1.82, 2.24) is 34.9 Å². The molecule has 28 heavy (non-hydrogen) atoms. The van der Waals surface area contributed by atoms with Crippen LogP contribution in [0.25, 0.3) is 0 Å². The summed E-state index contributed by atoms with van der Waals surface area (Å²) >= 11 is 0. The molecule has 3 heterocycles. The molecule has 1 aliphatic heterocycles. The first-order valence-corrected chi connectivity index (χ1v) is 9.46. The Morgan fingerprint density at radius 2 is 2.00 bits per heavy atom. The first kappa shape index (κ1) is 18.7. The first-order chi connectivity index (χ1) is 13.8. The van der Waals surface area contributed by atoms with Crippen LogP contribution in [-0.2, 0) is 29.1 Å². The Hall–Kier alpha value is -2.62. The second-order valence-corrected chi connectivity index (χ2v) is 6.87. The summed E-state index contributed by atoms with van der Waals surface area (Å²) in [5.74, 6) is 0.760. The molecule has 0 radical (unpaired) electrons. The second kappa shape index (κ2) is 9.05. The van der Waals surface area contributed by atoms with Gasteiger partial charge in [0.05, 0.1) is 26.3 Å². The van der Waals surface area contributed by atoms with Gasteiger partial charge < -0.3 is 9.47 Å². The highest BCUT2D eigenvalue weighted by molar-refractivity contribution is 5.22. The predicted molar refractivity (Wildman–Crippen MR) is 101 cm³/mol. The van der Waals surface area contributed by atoms with Gasteiger partial charge in [-0.25, -0.2) is 4.68 Å². The molecule has 0 amide bonds. The lowest BCUT2D eigenvalue weighted by Crippen LogP contribution is -2.39. The topological polar surface area (TPSA) is 83.1 Å². The van der Waals surface area contributed by atoms with Crippen molar-refractivity contribution in [2.45, 2.75) is 25.7 Å². The molecule has 9 heteroatoms. The van der Waals surface area contributed by atoms with Crippen LogP contribution in [0.3, 0.4) is 0 Å². The minimum Gasteiger partial charge on any atom is -0.383 e. The number of ether oxygens (including phenoxy) is 2. The maximum atomic E-state index is 5.93. The molecule has 2 aromatic heterocycles. The number of hydrogen-bond acceptors (Lipinski definition) is 7. The van der Waals surface area contributed by atoms with Gasteiger partial charge in [-0.15, -0.1) is 5.10 Å². The van der Waals surface area contributed by atoms with Crippen molar-refractivity contribution in [2.24, 2.45) is 0 Å². The molecule has 3 aromatic rings. The summed E-state index contributed by atoms with van der Waals surface area (Å²) in [5.41, 5.74) is 2.52. The van der Waals surface area contributed by atoms with E-state index in [1.807, 2.05) is 16.9 Å². The van der Waals surface area contributed by atoms with Crippen LogP contribution >= 0.6 is 0 Å². The number of aromatic nitrogens is 6. The summed E-state index contributed by atoms with van der Waals surface area (Å²) in [6, 6.07) is 10.6. The van der Waals surface area contributed by atoms with E-state index in [2.05, 4.69) is 49.8 Å². The molecule has 1 fully saturated rings. The zero-order valence-corrected chi connectivity index (χ0v) is 16.0. The zero-order chi connectivity index (χ0) is 19.2. The summed E-state index contributed by atoms with van der Waals surface area (Å²) in [4.78, 5) is 2.38. The van der Waals surface area contributed by atoms with Gasteiger partial charge in [0.25, 0.3) is 0 Å². The summed E-state index contributed by atoms with van der Waals surface area (Å²) in [5, 5.41) is 16.3. The van der Waals surface area contributed by atoms with Gasteiger partial charge in [0.2, 0.25) is 0 Å². The van der Waals surface area contributed by atoms with Crippen LogP contribution in [0.4, 0.5) is 0 Å². The molecule has 0 bridgehead atoms. The normalized spacial score (nSPS) is 17.8. The van der Waals surface area contributed by atoms with Gasteiger partial charge in [-0.05, 0) is 27.6 Å². The molecule has 0 N–H and O–H groups in total. The number of tetrazole rings is 1. The van der Waals surface area contributed by atoms with Gasteiger partial charge in [-0.2, -0.15) is 5.10 Å². The van der Waals surface area contributed by atoms with Crippen molar-refractivity contribution < 1.29 is 9.47 Å². The van der Waals surface area contributed by atoms with Crippen molar-refractivity contribution in [3.63, 3.8) is 0 Å². The van der Waals surface area contributed by atoms with E-state index in [-0.39, 0.29) is 6.10 Å². The average molecular weight is 383 g/mol. The second-order valence-electron chi connectivity index (χ2n) is 6.87. The molecule has 0 unspecified atom stereocenters. The van der Waals surface area contributed by atoms with E-state index in [1.165, 1.54) is 11.1 Å². The maximum absolute atomic E-state index is 5.93. The molecule has 1 aliphatic rings. The standard InChI is InChI=1S/C19H25N7O2/c1-27-11-10-26-19(21-22-23-26)18-15-24(9-12-28-18)13-16-3-5-17(6-4-16)14-25-8-2-7-20-25/h2-8,18H,9-15H2,1H3/t18-/m0/s1. The Morgan fingerprint density at radius 1 is 1.18 bits per heavy atom. The average Bonchev–Trinajstić information content (AvgIpc) is 3.40. The number of hydrogen-bond donors (Lipinski definition) is 0. The molecular weight excluding hydrogens is 358 g/mol. The van der Waals surface area contributed by atoms with Crippen LogP contribution in [0.2, 0.25) is 0 Å². The van der Waals surface area contributed by atoms with Crippen molar-refractivity contribution >= 4 is 0 Å². The highest BCUT2D eigenvalue weighted by Crippen LogP contribution is 2.21. The Bertz CT molecular complexity index is 848. The summed E-state index contributed by atoms with van der Waals surface area (Å²) in [6.45, 7) is 5.18. The smallest absolute Gasteiger partial charge is 0.181 e. The fourth-order valence-corrected chi connectivity index (χ4v) is 3.37. The molecule has 4 rings (SSSR count). The molecule has 1 saturated heterocycles. The third kappa shape index (κ3) is 4.61. The van der Waals surface area contributed by atoms with Gasteiger partial charge in [0.1, 0.15) is 6.10 Å². The van der Waals surface area contributed by atoms with E-state index in [9.17, 15) is 0 Å². The lowest BCUT2D eigenvalue weighted by molar-refractivity contribution is -0.0396. The molecular formula is C19H25N7O2. The van der Waals surface area contributed by atoms with Crippen LogP contribution in [0.15, 0.2) is 42.7 Å². The van der Waals surface area contributed by atoms with Gasteiger partial charge in [-0.1, -0.05) is 24.3 Å². The fraction of sp³-hybridized carbons (Fsp3) is 0.474. The highest BCUT2D eigenvalue weighted by Gasteiger charge is 2.26. The number of methoxy groups -OCH3 is 1. The van der Waals surface area contributed by atoms with E-state index in [1.54, 1.807) is 18.0 Å². The lowest BCUT2D eigenvalue weighted by Gasteiger charge is -2.32. The van der Waals surface area contributed by atoms with Crippen LogP contribution in [0.1, 0.15) is 23.1 Å². The Morgan fingerprint density at radius 3 is 2.75 bits per heavy atom. The highest BCUT2D eigenvalue weighted by atomic mass is 16.5. The van der Waals surface area contributed by atoms with Crippen LogP contribution in [0.5, 0.6) is 0 Å². The third-order valence-corrected chi connectivity index (χ3v) is 4.84. The largest absolute Gasteiger partial charge is 0.383 e. The zero-order valence-electron chi connectivity index (χ0n) is 16.0. The molecule has 0 spiro atoms. The van der Waals surface area contributed by atoms with Gasteiger partial charge in [0.15, 0.2) is 5.82 Å². The van der Waals surface area contributed by atoms with E-state index < -0.39 is 0 Å². The monoisotopic (exact) mass is 383 g/mol. The first-order valence-electron chi connectivity index (χ1n) is 9.46. The summed E-state index contributed by atoms with van der Waals surface area (Å²) in [7, 11) is 1.67. The Kier molecular flexibility index (Phi) is 6.05. The van der Waals surface area contributed by atoms with Crippen LogP contribution in [0, 0.1) is 0 Å². The SMILES string of the molecule is COCCn1nnnc1[C@@H]1CN(Cc2ccc(Cn3cccn3)cc2)CCO1. The Labute approximate surface area is 163 Å². The number of benzene rings is 1. The predicted octanol–water partition coefficient (Wildman–Crippen LogP) is 1.14. The van der Waals surface area contributed by atoms with Gasteiger partial charge in [-0.3, -0.25) is 9.58 Å². The van der Waals surface area contributed by atoms with Crippen molar-refractivity contribution in [3.8, 4) is 0 Å². The molecule has 1 atom stereocenters. The summed E-state index contributed by atoms with van der Waals surface area (Å²) in [6.07, 6.45) is 3.65. The third-order valence-electron chi connectivity index (χ3n) is 4.84. The van der Waals surface area contributed by atoms with Crippen molar-refractivity contribution in [1.29, 1.82) is 0 Å². The quantitative estimate of drug-likeness (QED) is 0.577. The van der Waals surface area contributed by atoms with Crippen LogP contribution < -0.4 is 0 Å². The van der Waals surface area contributed by atoms with E-state index in [0.29, 0.717) is 19.8 Å². The van der Waals surface area contributed by atoms with Gasteiger partial charge >= 0.3 is 0 Å². The molecule has 1 aromatic carbocycles. The van der Waals surface area contributed by atoms with Crippen molar-refractivity contribution in [3.05, 3.63) is 59.7 Å². The molecule has 148 valence electrons. The van der Waals surface area contributed by atoms with E-state index in [4.69, 9.17) is 9.47 Å². The molecule has 0 saturated carbocycles. The van der Waals surface area contributed by atoms with Crippen molar-refractivity contribution in [2.75, 3.05) is 33.4 Å². The van der Waals surface area contributed by atoms with Gasteiger partial charge in [0, 0.05) is 39.1 Å². The number of nitrogens with zero attached hydrogens (tertiary/aromatic N) is 7. The lowest BCUT2D eigenvalue weighted by atomic mass is 10.1. The number of rotatable bonds is 8. The van der Waals surface area contributed by atoms with E-state index in [0.717, 1.165) is 32.0 Å². The fourth-order valence-electron chi connectivity index (χ4n) is 3.37. The summed E-state index contributed by atoms with van der Waals surface area (Å²) < 4.78 is 14.8.